The van der Waals surface area contributed by atoms with Crippen LogP contribution in [0.15, 0.2) is 24.3 Å². The summed E-state index contributed by atoms with van der Waals surface area (Å²) in [6, 6.07) is 6.79. The average Bonchev–Trinajstić information content (AvgIpc) is 2.04. The van der Waals surface area contributed by atoms with E-state index in [0.717, 1.165) is 0 Å². The van der Waals surface area contributed by atoms with Crippen LogP contribution in [0.1, 0.15) is 6.92 Å². The van der Waals surface area contributed by atoms with E-state index in [1.807, 2.05) is 6.92 Å². The van der Waals surface area contributed by atoms with Crippen molar-refractivity contribution in [1.82, 2.24) is 0 Å². The molecule has 13 heavy (non-hydrogen) atoms. The molecule has 0 unspecified atom stereocenters. The lowest BCUT2D eigenvalue weighted by molar-refractivity contribution is 0.340. The minimum absolute atomic E-state index is 0.516. The lowest BCUT2D eigenvalue weighted by Gasteiger charge is -2.04. The normalized spacial score (nSPS) is 10.0. The van der Waals surface area contributed by atoms with Gasteiger partial charge in [0.1, 0.15) is 5.75 Å². The van der Waals surface area contributed by atoms with Gasteiger partial charge in [0.2, 0.25) is 10.9 Å². The molecule has 0 aliphatic heterocycles. The Morgan fingerprint density at radius 3 is 2.85 bits per heavy atom. The number of hydrogen-bond donors (Lipinski definition) is 2. The van der Waals surface area contributed by atoms with Crippen molar-refractivity contribution in [3.8, 4) is 5.75 Å². The van der Waals surface area contributed by atoms with Gasteiger partial charge in [-0.1, -0.05) is 6.07 Å². The molecule has 0 aromatic heterocycles. The van der Waals surface area contributed by atoms with Gasteiger partial charge < -0.3 is 4.74 Å². The SMILES string of the molecule is CCOc1cccc(N[SH](=O)=O)c1. The van der Waals surface area contributed by atoms with Crippen LogP contribution >= 0.6 is 0 Å². The topological polar surface area (TPSA) is 55.4 Å². The third-order valence-corrected chi connectivity index (χ3v) is 1.81. The molecule has 1 aromatic carbocycles. The van der Waals surface area contributed by atoms with Gasteiger partial charge in [-0.05, 0) is 19.1 Å². The number of anilines is 1. The van der Waals surface area contributed by atoms with Gasteiger partial charge in [-0.15, -0.1) is 0 Å². The highest BCUT2D eigenvalue weighted by Crippen LogP contribution is 2.16. The predicted molar refractivity (Wildman–Crippen MR) is 51.5 cm³/mol. The first-order valence-electron chi connectivity index (χ1n) is 3.86. The monoisotopic (exact) mass is 201 g/mol. The Morgan fingerprint density at radius 1 is 1.46 bits per heavy atom. The Labute approximate surface area is 78.6 Å². The van der Waals surface area contributed by atoms with E-state index >= 15 is 0 Å². The van der Waals surface area contributed by atoms with E-state index in [1.165, 1.54) is 0 Å². The highest BCUT2D eigenvalue weighted by Gasteiger charge is 1.95. The maximum atomic E-state index is 10.3. The molecule has 0 aliphatic rings. The van der Waals surface area contributed by atoms with Crippen LogP contribution in [-0.2, 0) is 10.9 Å². The van der Waals surface area contributed by atoms with Crippen LogP contribution in [0.25, 0.3) is 0 Å². The largest absolute Gasteiger partial charge is 0.494 e. The Kier molecular flexibility index (Phi) is 3.57. The van der Waals surface area contributed by atoms with Gasteiger partial charge in [-0.25, -0.2) is 8.42 Å². The molecule has 0 aliphatic carbocycles. The van der Waals surface area contributed by atoms with Crippen LogP contribution in [-0.4, -0.2) is 15.0 Å². The molecule has 1 rings (SSSR count). The van der Waals surface area contributed by atoms with Crippen molar-refractivity contribution >= 4 is 16.6 Å². The highest BCUT2D eigenvalue weighted by atomic mass is 32.2. The molecule has 1 N–H and O–H groups in total. The van der Waals surface area contributed by atoms with Crippen molar-refractivity contribution in [2.75, 3.05) is 11.3 Å². The van der Waals surface area contributed by atoms with E-state index in [4.69, 9.17) is 4.74 Å². The molecule has 0 spiro atoms. The van der Waals surface area contributed by atoms with E-state index in [9.17, 15) is 8.42 Å². The fourth-order valence-corrected chi connectivity index (χ4v) is 1.28. The fourth-order valence-electron chi connectivity index (χ4n) is 0.928. The zero-order valence-electron chi connectivity index (χ0n) is 7.19. The molecule has 4 nitrogen and oxygen atoms in total. The van der Waals surface area contributed by atoms with E-state index in [-0.39, 0.29) is 0 Å². The molecule has 0 atom stereocenters. The number of thiol groups is 1. The molecule has 0 heterocycles. The van der Waals surface area contributed by atoms with Crippen molar-refractivity contribution in [2.45, 2.75) is 6.92 Å². The Balaban J connectivity index is 2.78. The molecule has 0 bridgehead atoms. The summed E-state index contributed by atoms with van der Waals surface area (Å²) >= 11 is 0. The molecule has 0 saturated carbocycles. The second-order valence-corrected chi connectivity index (χ2v) is 3.07. The lowest BCUT2D eigenvalue weighted by atomic mass is 10.3. The summed E-state index contributed by atoms with van der Waals surface area (Å²) in [6.45, 7) is 2.43. The molecular weight excluding hydrogens is 190 g/mol. The molecule has 1 aromatic rings. The number of benzene rings is 1. The lowest BCUT2D eigenvalue weighted by Crippen LogP contribution is -1.96. The van der Waals surface area contributed by atoms with Crippen molar-refractivity contribution in [1.29, 1.82) is 0 Å². The average molecular weight is 201 g/mol. The van der Waals surface area contributed by atoms with Crippen molar-refractivity contribution in [2.24, 2.45) is 0 Å². The number of hydrogen-bond acceptors (Lipinski definition) is 3. The van der Waals surface area contributed by atoms with E-state index in [2.05, 4.69) is 4.72 Å². The summed E-state index contributed by atoms with van der Waals surface area (Å²) < 4.78 is 28.1. The predicted octanol–water partition coefficient (Wildman–Crippen LogP) is 1.02. The first-order valence-corrected chi connectivity index (χ1v) is 5.04. The summed E-state index contributed by atoms with van der Waals surface area (Å²) in [6.07, 6.45) is 0. The molecule has 5 heteroatoms. The quantitative estimate of drug-likeness (QED) is 0.715. The second kappa shape index (κ2) is 4.71. The van der Waals surface area contributed by atoms with E-state index < -0.39 is 10.9 Å². The van der Waals surface area contributed by atoms with Gasteiger partial charge in [0, 0.05) is 6.07 Å². The highest BCUT2D eigenvalue weighted by molar-refractivity contribution is 7.73. The zero-order valence-corrected chi connectivity index (χ0v) is 8.08. The summed E-state index contributed by atoms with van der Waals surface area (Å²) in [4.78, 5) is 0. The smallest absolute Gasteiger partial charge is 0.222 e. The summed E-state index contributed by atoms with van der Waals surface area (Å²) in [7, 11) is -2.60. The summed E-state index contributed by atoms with van der Waals surface area (Å²) in [5.41, 5.74) is 0.516. The van der Waals surface area contributed by atoms with Crippen LogP contribution in [0.4, 0.5) is 5.69 Å². The van der Waals surface area contributed by atoms with Gasteiger partial charge in [0.15, 0.2) is 0 Å². The third kappa shape index (κ3) is 3.33. The Bertz CT molecular complexity index is 341. The van der Waals surface area contributed by atoms with Crippen molar-refractivity contribution in [3.05, 3.63) is 24.3 Å². The number of ether oxygens (including phenoxy) is 1. The minimum Gasteiger partial charge on any atom is -0.494 e. The van der Waals surface area contributed by atoms with Gasteiger partial charge in [-0.3, -0.25) is 4.72 Å². The molecule has 0 fully saturated rings. The first-order chi connectivity index (χ1) is 6.22. The van der Waals surface area contributed by atoms with Gasteiger partial charge in [0.05, 0.1) is 12.3 Å². The molecule has 0 amide bonds. The number of rotatable bonds is 4. The van der Waals surface area contributed by atoms with Crippen LogP contribution in [0.5, 0.6) is 5.75 Å². The molecule has 0 radical (unpaired) electrons. The van der Waals surface area contributed by atoms with Crippen LogP contribution in [0.3, 0.4) is 0 Å². The Hall–Kier alpha value is -1.23. The summed E-state index contributed by atoms with van der Waals surface area (Å²) in [5, 5.41) is 0. The van der Waals surface area contributed by atoms with E-state index in [1.54, 1.807) is 24.3 Å². The second-order valence-electron chi connectivity index (χ2n) is 2.33. The van der Waals surface area contributed by atoms with Gasteiger partial charge in [-0.2, -0.15) is 0 Å². The van der Waals surface area contributed by atoms with Crippen molar-refractivity contribution in [3.63, 3.8) is 0 Å². The molecular formula is C8H11NO3S. The maximum Gasteiger partial charge on any atom is 0.222 e. The van der Waals surface area contributed by atoms with Crippen LogP contribution < -0.4 is 9.46 Å². The first kappa shape index (κ1) is 9.85. The molecule has 72 valence electrons. The fraction of sp³-hybridized carbons (Fsp3) is 0.250. The van der Waals surface area contributed by atoms with Crippen molar-refractivity contribution < 1.29 is 13.2 Å². The Morgan fingerprint density at radius 2 is 2.23 bits per heavy atom. The van der Waals surface area contributed by atoms with Gasteiger partial charge in [0.25, 0.3) is 0 Å². The number of nitrogens with one attached hydrogen (secondary N) is 1. The molecule has 0 saturated heterocycles. The maximum absolute atomic E-state index is 10.3. The van der Waals surface area contributed by atoms with Crippen LogP contribution in [0.2, 0.25) is 0 Å². The third-order valence-electron chi connectivity index (χ3n) is 1.37. The summed E-state index contributed by atoms with van der Waals surface area (Å²) in [5.74, 6) is 0.657. The minimum atomic E-state index is -2.60. The standard InChI is InChI=1S/C8H11NO3S/c1-2-12-8-5-3-4-7(6-8)9-13(10)11/h3-6,13H,2H2,1H3,(H,9,10,11). The van der Waals surface area contributed by atoms with Gasteiger partial charge >= 0.3 is 0 Å². The van der Waals surface area contributed by atoms with E-state index in [0.29, 0.717) is 18.0 Å². The van der Waals surface area contributed by atoms with Crippen LogP contribution in [0, 0.1) is 0 Å². The zero-order chi connectivity index (χ0) is 9.68.